The molecule has 6 nitrogen and oxygen atoms in total. The number of rotatable bonds is 5. The van der Waals surface area contributed by atoms with E-state index in [1.807, 2.05) is 0 Å². The van der Waals surface area contributed by atoms with Gasteiger partial charge in [0.15, 0.2) is 0 Å². The summed E-state index contributed by atoms with van der Waals surface area (Å²) in [6, 6.07) is 4.60. The fourth-order valence-electron chi connectivity index (χ4n) is 2.27. The van der Waals surface area contributed by atoms with E-state index in [9.17, 15) is 13.2 Å². The third-order valence-electron chi connectivity index (χ3n) is 3.41. The second kappa shape index (κ2) is 7.51. The van der Waals surface area contributed by atoms with Gasteiger partial charge in [-0.3, -0.25) is 9.10 Å². The summed E-state index contributed by atoms with van der Waals surface area (Å²) in [7, 11) is -3.71. The molecule has 0 aliphatic heterocycles. The number of nitrogens with one attached hydrogen (secondary N) is 1. The molecule has 1 aliphatic rings. The van der Waals surface area contributed by atoms with Gasteiger partial charge in [-0.25, -0.2) is 13.8 Å². The molecule has 0 radical (unpaired) electrons. The molecule has 0 bridgehead atoms. The van der Waals surface area contributed by atoms with Crippen LogP contribution in [0, 0.1) is 0 Å². The first kappa shape index (κ1) is 18.0. The average molecular weight is 378 g/mol. The van der Waals surface area contributed by atoms with Crippen molar-refractivity contribution in [3.63, 3.8) is 0 Å². The molecule has 0 atom stereocenters. The van der Waals surface area contributed by atoms with Crippen molar-refractivity contribution >= 4 is 50.5 Å². The lowest BCUT2D eigenvalue weighted by molar-refractivity contribution is -0.119. The van der Waals surface area contributed by atoms with Crippen LogP contribution in [-0.4, -0.2) is 32.8 Å². The van der Waals surface area contributed by atoms with E-state index in [4.69, 9.17) is 23.2 Å². The maximum Gasteiger partial charge on any atom is 0.260 e. The number of nitrogens with zero attached hydrogens (tertiary/aromatic N) is 2. The van der Waals surface area contributed by atoms with Crippen molar-refractivity contribution in [1.29, 1.82) is 0 Å². The van der Waals surface area contributed by atoms with Gasteiger partial charge in [-0.15, -0.1) is 0 Å². The summed E-state index contributed by atoms with van der Waals surface area (Å²) in [6.07, 6.45) is 4.83. The number of benzene rings is 1. The van der Waals surface area contributed by atoms with Crippen molar-refractivity contribution < 1.29 is 13.2 Å². The summed E-state index contributed by atoms with van der Waals surface area (Å²) in [5.74, 6) is -0.536. The molecule has 2 rings (SSSR count). The molecular weight excluding hydrogens is 361 g/mol. The molecule has 1 amide bonds. The summed E-state index contributed by atoms with van der Waals surface area (Å²) >= 11 is 12.0. The summed E-state index contributed by atoms with van der Waals surface area (Å²) in [4.78, 5) is 12.0. The van der Waals surface area contributed by atoms with Gasteiger partial charge in [-0.1, -0.05) is 29.3 Å². The van der Waals surface area contributed by atoms with E-state index in [0.29, 0.717) is 0 Å². The smallest absolute Gasteiger partial charge is 0.260 e. The van der Waals surface area contributed by atoms with E-state index in [1.54, 1.807) is 12.1 Å². The van der Waals surface area contributed by atoms with Crippen molar-refractivity contribution in [3.05, 3.63) is 28.2 Å². The third kappa shape index (κ3) is 4.83. The van der Waals surface area contributed by atoms with Gasteiger partial charge in [-0.2, -0.15) is 5.10 Å². The summed E-state index contributed by atoms with van der Waals surface area (Å²) in [5.41, 5.74) is 3.48. The van der Waals surface area contributed by atoms with Crippen LogP contribution in [0.25, 0.3) is 0 Å². The molecule has 126 valence electrons. The summed E-state index contributed by atoms with van der Waals surface area (Å²) in [6.45, 7) is -0.421. The van der Waals surface area contributed by atoms with Crippen LogP contribution in [-0.2, 0) is 14.8 Å². The maximum absolute atomic E-state index is 12.0. The molecular formula is C14H17Cl2N3O3S. The lowest BCUT2D eigenvalue weighted by atomic mass is 10.3. The Morgan fingerprint density at radius 3 is 2.57 bits per heavy atom. The number of hydrogen-bond acceptors (Lipinski definition) is 4. The number of hydrazone groups is 1. The Morgan fingerprint density at radius 1 is 1.30 bits per heavy atom. The van der Waals surface area contributed by atoms with Gasteiger partial charge in [0, 0.05) is 5.71 Å². The Bertz CT molecular complexity index is 727. The van der Waals surface area contributed by atoms with Crippen molar-refractivity contribution in [2.45, 2.75) is 25.7 Å². The molecule has 0 unspecified atom stereocenters. The fourth-order valence-corrected chi connectivity index (χ4v) is 3.58. The number of hydrogen-bond donors (Lipinski definition) is 1. The first-order valence-corrected chi connectivity index (χ1v) is 9.65. The maximum atomic E-state index is 12.0. The van der Waals surface area contributed by atoms with Gasteiger partial charge in [-0.05, 0) is 37.8 Å². The fraction of sp³-hybridized carbons (Fsp3) is 0.429. The van der Waals surface area contributed by atoms with Crippen LogP contribution in [0.3, 0.4) is 0 Å². The van der Waals surface area contributed by atoms with Crippen molar-refractivity contribution in [2.75, 3.05) is 17.1 Å². The topological polar surface area (TPSA) is 78.8 Å². The number of halogens is 2. The van der Waals surface area contributed by atoms with E-state index in [-0.39, 0.29) is 15.7 Å². The standard InChI is InChI=1S/C14H17Cl2N3O3S/c1-23(21,22)19(12-8-4-7-11(15)14(12)16)9-13(20)18-17-10-5-2-3-6-10/h4,7-8H,2-3,5-6,9H2,1H3,(H,18,20). The average Bonchev–Trinajstić information content (AvgIpc) is 2.98. The predicted octanol–water partition coefficient (Wildman–Crippen LogP) is 2.81. The molecule has 0 heterocycles. The van der Waals surface area contributed by atoms with E-state index in [2.05, 4.69) is 10.5 Å². The minimum Gasteiger partial charge on any atom is -0.271 e. The van der Waals surface area contributed by atoms with Crippen molar-refractivity contribution in [2.24, 2.45) is 5.10 Å². The van der Waals surface area contributed by atoms with Crippen LogP contribution < -0.4 is 9.73 Å². The van der Waals surface area contributed by atoms with Crippen LogP contribution >= 0.6 is 23.2 Å². The summed E-state index contributed by atoms with van der Waals surface area (Å²) < 4.78 is 24.9. The van der Waals surface area contributed by atoms with E-state index < -0.39 is 22.5 Å². The molecule has 1 N–H and O–H groups in total. The van der Waals surface area contributed by atoms with Gasteiger partial charge in [0.1, 0.15) is 6.54 Å². The number of amides is 1. The highest BCUT2D eigenvalue weighted by Crippen LogP contribution is 2.33. The van der Waals surface area contributed by atoms with Crippen LogP contribution in [0.5, 0.6) is 0 Å². The Morgan fingerprint density at radius 2 is 1.96 bits per heavy atom. The Labute approximate surface area is 145 Å². The van der Waals surface area contributed by atoms with Gasteiger partial charge in [0.25, 0.3) is 5.91 Å². The third-order valence-corrected chi connectivity index (χ3v) is 5.34. The molecule has 0 saturated heterocycles. The Hall–Kier alpha value is -1.31. The van der Waals surface area contributed by atoms with Crippen molar-refractivity contribution in [1.82, 2.24) is 5.43 Å². The van der Waals surface area contributed by atoms with Crippen LogP contribution in [0.15, 0.2) is 23.3 Å². The molecule has 1 fully saturated rings. The number of carbonyl (C=O) groups is 1. The van der Waals surface area contributed by atoms with Gasteiger partial charge in [0.2, 0.25) is 10.0 Å². The second-order valence-corrected chi connectivity index (χ2v) is 7.95. The Kier molecular flexibility index (Phi) is 5.89. The second-order valence-electron chi connectivity index (χ2n) is 5.26. The SMILES string of the molecule is CS(=O)(=O)N(CC(=O)NN=C1CCCC1)c1cccc(Cl)c1Cl. The molecule has 0 aromatic heterocycles. The number of sulfonamides is 1. The minimum atomic E-state index is -3.71. The lowest BCUT2D eigenvalue weighted by Crippen LogP contribution is -2.39. The number of anilines is 1. The highest BCUT2D eigenvalue weighted by atomic mass is 35.5. The van der Waals surface area contributed by atoms with E-state index >= 15 is 0 Å². The van der Waals surface area contributed by atoms with E-state index in [0.717, 1.165) is 42.0 Å². The van der Waals surface area contributed by atoms with Gasteiger partial charge in [0.05, 0.1) is 22.0 Å². The molecule has 1 aromatic rings. The number of carbonyl (C=O) groups excluding carboxylic acids is 1. The summed E-state index contributed by atoms with van der Waals surface area (Å²) in [5, 5.41) is 4.32. The Balaban J connectivity index is 2.18. The van der Waals surface area contributed by atoms with E-state index in [1.165, 1.54) is 6.07 Å². The van der Waals surface area contributed by atoms with Gasteiger partial charge < -0.3 is 0 Å². The highest BCUT2D eigenvalue weighted by Gasteiger charge is 2.24. The molecule has 0 spiro atoms. The molecule has 1 saturated carbocycles. The molecule has 23 heavy (non-hydrogen) atoms. The van der Waals surface area contributed by atoms with Crippen LogP contribution in [0.1, 0.15) is 25.7 Å². The zero-order valence-electron chi connectivity index (χ0n) is 12.6. The zero-order chi connectivity index (χ0) is 17.0. The predicted molar refractivity (Wildman–Crippen MR) is 92.7 cm³/mol. The highest BCUT2D eigenvalue weighted by molar-refractivity contribution is 7.92. The van der Waals surface area contributed by atoms with Crippen molar-refractivity contribution in [3.8, 4) is 0 Å². The largest absolute Gasteiger partial charge is 0.271 e. The monoisotopic (exact) mass is 377 g/mol. The molecule has 1 aromatic carbocycles. The molecule has 1 aliphatic carbocycles. The molecule has 9 heteroatoms. The van der Waals surface area contributed by atoms with Crippen LogP contribution in [0.4, 0.5) is 5.69 Å². The van der Waals surface area contributed by atoms with Crippen LogP contribution in [0.2, 0.25) is 10.0 Å². The first-order chi connectivity index (χ1) is 10.8. The normalized spacial score (nSPS) is 14.7. The van der Waals surface area contributed by atoms with Gasteiger partial charge >= 0.3 is 0 Å². The first-order valence-electron chi connectivity index (χ1n) is 7.05. The lowest BCUT2D eigenvalue weighted by Gasteiger charge is -2.22. The minimum absolute atomic E-state index is 0.0782. The zero-order valence-corrected chi connectivity index (χ0v) is 14.9. The quantitative estimate of drug-likeness (QED) is 0.801.